The van der Waals surface area contributed by atoms with Crippen LogP contribution in [0.3, 0.4) is 0 Å². The number of anilines is 1. The number of nitrogens with zero attached hydrogens (tertiary/aromatic N) is 2. The molecule has 2 heterocycles. The summed E-state index contributed by atoms with van der Waals surface area (Å²) in [7, 11) is 0. The number of nitrogens with two attached hydrogens (primary N) is 2. The summed E-state index contributed by atoms with van der Waals surface area (Å²) in [6, 6.07) is 9.24. The van der Waals surface area contributed by atoms with Gasteiger partial charge < -0.3 is 16.8 Å². The van der Waals surface area contributed by atoms with Crippen molar-refractivity contribution in [3.05, 3.63) is 53.9 Å². The summed E-state index contributed by atoms with van der Waals surface area (Å²) in [4.78, 5) is 11.9. The van der Waals surface area contributed by atoms with Crippen LogP contribution in [0.2, 0.25) is 0 Å². The Morgan fingerprint density at radius 3 is 2.70 bits per heavy atom. The van der Waals surface area contributed by atoms with E-state index in [-0.39, 0.29) is 5.56 Å². The van der Waals surface area contributed by atoms with Gasteiger partial charge in [-0.2, -0.15) is 5.10 Å². The number of hydrogen-bond donors (Lipinski definition) is 3. The van der Waals surface area contributed by atoms with Crippen molar-refractivity contribution in [1.29, 1.82) is 0 Å². The van der Waals surface area contributed by atoms with Gasteiger partial charge in [0.15, 0.2) is 0 Å². The zero-order valence-corrected chi connectivity index (χ0v) is 15.7. The van der Waals surface area contributed by atoms with E-state index in [0.29, 0.717) is 17.7 Å². The molecule has 5 N–H and O–H groups in total. The number of fused-ring (bicyclic) bond motifs is 1. The molecule has 1 unspecified atom stereocenters. The van der Waals surface area contributed by atoms with Crippen molar-refractivity contribution in [3.8, 4) is 11.1 Å². The minimum absolute atomic E-state index is 0.221. The van der Waals surface area contributed by atoms with Gasteiger partial charge in [-0.3, -0.25) is 4.79 Å². The predicted octanol–water partition coefficient (Wildman–Crippen LogP) is 3.11. The topological polar surface area (TPSA) is 98.4 Å². The van der Waals surface area contributed by atoms with Gasteiger partial charge in [-0.05, 0) is 44.0 Å². The number of primary amides is 1. The number of halogens is 1. The average Bonchev–Trinajstić information content (AvgIpc) is 3.05. The fraction of sp³-hybridized carbons (Fsp3) is 0.300. The van der Waals surface area contributed by atoms with Crippen molar-refractivity contribution in [2.75, 3.05) is 5.32 Å². The standard InChI is InChI=1S/C20H24FN5O/c1-12(20(2,3)21)25-18-16(19(23)27)10-24-26-11-15(8-17(18)26)14-6-4-5-13(7-14)9-22/h4-8,10-12,25H,9,22H2,1-3H3,(H2,23,27). The van der Waals surface area contributed by atoms with E-state index in [9.17, 15) is 9.18 Å². The summed E-state index contributed by atoms with van der Waals surface area (Å²) >= 11 is 0. The quantitative estimate of drug-likeness (QED) is 0.622. The lowest BCUT2D eigenvalue weighted by Crippen LogP contribution is -2.36. The molecule has 3 aromatic rings. The molecule has 142 valence electrons. The summed E-state index contributed by atoms with van der Waals surface area (Å²) in [5.41, 5.74) is 14.0. The molecule has 0 radical (unpaired) electrons. The number of amides is 1. The van der Waals surface area contributed by atoms with E-state index >= 15 is 0 Å². The van der Waals surface area contributed by atoms with Gasteiger partial charge in [0, 0.05) is 18.3 Å². The van der Waals surface area contributed by atoms with Crippen molar-refractivity contribution in [2.24, 2.45) is 11.5 Å². The van der Waals surface area contributed by atoms with E-state index in [0.717, 1.165) is 16.7 Å². The van der Waals surface area contributed by atoms with Crippen LogP contribution in [0.1, 0.15) is 36.7 Å². The van der Waals surface area contributed by atoms with Crippen molar-refractivity contribution in [2.45, 2.75) is 39.0 Å². The van der Waals surface area contributed by atoms with Gasteiger partial charge in [-0.15, -0.1) is 0 Å². The van der Waals surface area contributed by atoms with Crippen LogP contribution in [0.25, 0.3) is 16.6 Å². The summed E-state index contributed by atoms with van der Waals surface area (Å²) in [5.74, 6) is -0.621. The second-order valence-electron chi connectivity index (χ2n) is 7.19. The lowest BCUT2D eigenvalue weighted by Gasteiger charge is -2.26. The Bertz CT molecular complexity index is 990. The van der Waals surface area contributed by atoms with E-state index < -0.39 is 17.6 Å². The normalized spacial score (nSPS) is 12.9. The number of rotatable bonds is 6. The Labute approximate surface area is 157 Å². The summed E-state index contributed by atoms with van der Waals surface area (Å²) in [5, 5.41) is 7.38. The summed E-state index contributed by atoms with van der Waals surface area (Å²) in [6.45, 7) is 5.13. The van der Waals surface area contributed by atoms with E-state index in [1.807, 2.05) is 36.5 Å². The average molecular weight is 369 g/mol. The predicted molar refractivity (Wildman–Crippen MR) is 105 cm³/mol. The van der Waals surface area contributed by atoms with Crippen LogP contribution in [0.4, 0.5) is 10.1 Å². The number of nitrogens with one attached hydrogen (secondary N) is 1. The molecule has 6 nitrogen and oxygen atoms in total. The Kier molecular flexibility index (Phi) is 4.89. The fourth-order valence-corrected chi connectivity index (χ4v) is 2.82. The molecule has 27 heavy (non-hydrogen) atoms. The molecular formula is C20H24FN5O. The maximum atomic E-state index is 14.3. The maximum absolute atomic E-state index is 14.3. The first kappa shape index (κ1) is 18.8. The number of alkyl halides is 1. The Hall–Kier alpha value is -2.93. The first-order chi connectivity index (χ1) is 12.7. The van der Waals surface area contributed by atoms with Crippen LogP contribution >= 0.6 is 0 Å². The highest BCUT2D eigenvalue weighted by atomic mass is 19.1. The number of carbonyl (C=O) groups excluding carboxylic acids is 1. The highest BCUT2D eigenvalue weighted by Crippen LogP contribution is 2.30. The van der Waals surface area contributed by atoms with Gasteiger partial charge >= 0.3 is 0 Å². The summed E-state index contributed by atoms with van der Waals surface area (Å²) < 4.78 is 16.0. The van der Waals surface area contributed by atoms with Gasteiger partial charge in [0.1, 0.15) is 5.67 Å². The Morgan fingerprint density at radius 2 is 2.07 bits per heavy atom. The lowest BCUT2D eigenvalue weighted by molar-refractivity contribution is 0.1000. The zero-order chi connectivity index (χ0) is 19.8. The number of carbonyl (C=O) groups is 1. The molecule has 0 saturated heterocycles. The van der Waals surface area contributed by atoms with Crippen LogP contribution in [-0.2, 0) is 6.54 Å². The van der Waals surface area contributed by atoms with Gasteiger partial charge in [0.2, 0.25) is 0 Å². The largest absolute Gasteiger partial charge is 0.377 e. The van der Waals surface area contributed by atoms with Crippen LogP contribution in [0.15, 0.2) is 42.7 Å². The van der Waals surface area contributed by atoms with Crippen molar-refractivity contribution < 1.29 is 9.18 Å². The second-order valence-corrected chi connectivity index (χ2v) is 7.19. The van der Waals surface area contributed by atoms with E-state index in [1.54, 1.807) is 11.4 Å². The molecule has 1 atom stereocenters. The van der Waals surface area contributed by atoms with Crippen molar-refractivity contribution in [1.82, 2.24) is 9.61 Å². The first-order valence-electron chi connectivity index (χ1n) is 8.76. The molecule has 7 heteroatoms. The van der Waals surface area contributed by atoms with Gasteiger partial charge in [-0.25, -0.2) is 8.91 Å². The third-order valence-electron chi connectivity index (χ3n) is 4.79. The molecule has 3 rings (SSSR count). The fourth-order valence-electron chi connectivity index (χ4n) is 2.82. The smallest absolute Gasteiger partial charge is 0.252 e. The van der Waals surface area contributed by atoms with Gasteiger partial charge in [-0.1, -0.05) is 18.2 Å². The van der Waals surface area contributed by atoms with Crippen LogP contribution in [0, 0.1) is 0 Å². The SMILES string of the molecule is CC(Nc1c(C(N)=O)cnn2cc(-c3cccc(CN)c3)cc12)C(C)(C)F. The monoisotopic (exact) mass is 369 g/mol. The maximum Gasteiger partial charge on any atom is 0.252 e. The summed E-state index contributed by atoms with van der Waals surface area (Å²) in [6.07, 6.45) is 3.25. The van der Waals surface area contributed by atoms with Crippen LogP contribution < -0.4 is 16.8 Å². The molecule has 0 bridgehead atoms. The minimum Gasteiger partial charge on any atom is -0.377 e. The molecule has 0 aliphatic heterocycles. The highest BCUT2D eigenvalue weighted by Gasteiger charge is 2.27. The third kappa shape index (κ3) is 3.78. The molecular weight excluding hydrogens is 345 g/mol. The zero-order valence-electron chi connectivity index (χ0n) is 15.7. The third-order valence-corrected chi connectivity index (χ3v) is 4.79. The Balaban J connectivity index is 2.15. The number of hydrogen-bond acceptors (Lipinski definition) is 4. The molecule has 1 aromatic carbocycles. The van der Waals surface area contributed by atoms with Crippen LogP contribution in [-0.4, -0.2) is 27.2 Å². The lowest BCUT2D eigenvalue weighted by atomic mass is 10.0. The molecule has 0 aliphatic carbocycles. The molecule has 2 aromatic heterocycles. The van der Waals surface area contributed by atoms with Gasteiger partial charge in [0.25, 0.3) is 5.91 Å². The molecule has 0 saturated carbocycles. The number of benzene rings is 1. The Morgan fingerprint density at radius 1 is 1.33 bits per heavy atom. The van der Waals surface area contributed by atoms with Crippen molar-refractivity contribution in [3.63, 3.8) is 0 Å². The molecule has 1 amide bonds. The second kappa shape index (κ2) is 7.00. The van der Waals surface area contributed by atoms with E-state index in [4.69, 9.17) is 11.5 Å². The van der Waals surface area contributed by atoms with Crippen LogP contribution in [0.5, 0.6) is 0 Å². The van der Waals surface area contributed by atoms with Crippen molar-refractivity contribution >= 4 is 17.1 Å². The molecule has 0 spiro atoms. The highest BCUT2D eigenvalue weighted by molar-refractivity contribution is 6.02. The molecule has 0 fully saturated rings. The van der Waals surface area contributed by atoms with Gasteiger partial charge in [0.05, 0.1) is 29.0 Å². The first-order valence-corrected chi connectivity index (χ1v) is 8.76. The van der Waals surface area contributed by atoms with E-state index in [1.165, 1.54) is 20.0 Å². The van der Waals surface area contributed by atoms with E-state index in [2.05, 4.69) is 10.4 Å². The minimum atomic E-state index is -1.49. The number of aromatic nitrogens is 2. The molecule has 0 aliphatic rings.